The van der Waals surface area contributed by atoms with Gasteiger partial charge in [-0.3, -0.25) is 9.98 Å². The summed E-state index contributed by atoms with van der Waals surface area (Å²) in [4.78, 5) is 10.2. The summed E-state index contributed by atoms with van der Waals surface area (Å²) in [5, 5.41) is 10.2. The molecule has 0 aliphatic carbocycles. The molecule has 0 bridgehead atoms. The van der Waals surface area contributed by atoms with E-state index in [1.54, 1.807) is 0 Å². The van der Waals surface area contributed by atoms with Crippen LogP contribution in [0.15, 0.2) is 106 Å². The van der Waals surface area contributed by atoms with E-state index in [9.17, 15) is 0 Å². The van der Waals surface area contributed by atoms with E-state index < -0.39 is 0 Å². The van der Waals surface area contributed by atoms with Gasteiger partial charge in [-0.25, -0.2) is 0 Å². The predicted octanol–water partition coefficient (Wildman–Crippen LogP) is 26.6. The molecule has 0 saturated carbocycles. The van der Waals surface area contributed by atoms with Gasteiger partial charge in [0.15, 0.2) is 0 Å². The summed E-state index contributed by atoms with van der Waals surface area (Å²) in [7, 11) is -0.191. The first-order valence-corrected chi connectivity index (χ1v) is 35.6. The van der Waals surface area contributed by atoms with Crippen LogP contribution in [-0.2, 0) is 40.2 Å². The molecule has 0 amide bonds. The van der Waals surface area contributed by atoms with E-state index >= 15 is 0 Å². The first kappa shape index (κ1) is 83.5. The van der Waals surface area contributed by atoms with Crippen molar-refractivity contribution in [1.82, 2.24) is 0 Å². The quantitative estimate of drug-likeness (QED) is 0.0556. The van der Waals surface area contributed by atoms with Crippen LogP contribution in [0.5, 0.6) is 0 Å². The Bertz CT molecular complexity index is 2320. The summed E-state index contributed by atoms with van der Waals surface area (Å²) in [6.07, 6.45) is 4.23. The van der Waals surface area contributed by atoms with Crippen LogP contribution in [0.3, 0.4) is 0 Å². The Morgan fingerprint density at radius 2 is 0.464 bits per heavy atom. The molecule has 0 unspecified atom stereocenters. The fraction of sp³-hybridized carbons (Fsp3) is 0.605. The van der Waals surface area contributed by atoms with Crippen molar-refractivity contribution in [1.29, 1.82) is 0 Å². The zero-order chi connectivity index (χ0) is 63.2. The van der Waals surface area contributed by atoms with Gasteiger partial charge in [0.2, 0.25) is 0 Å². The Kier molecular flexibility index (Phi) is 40.7. The van der Waals surface area contributed by atoms with Crippen molar-refractivity contribution >= 4 is 50.0 Å². The summed E-state index contributed by atoms with van der Waals surface area (Å²) >= 11 is 0. The second-order valence-electron chi connectivity index (χ2n) is 27.6. The maximum absolute atomic E-state index is 5.08. The van der Waals surface area contributed by atoms with Crippen LogP contribution in [0.4, 0.5) is 22.7 Å². The van der Waals surface area contributed by atoms with Crippen molar-refractivity contribution in [3.63, 3.8) is 0 Å². The molecular weight excluding hydrogens is 1420 g/mol. The van der Waals surface area contributed by atoms with Gasteiger partial charge < -0.3 is 10.6 Å². The van der Waals surface area contributed by atoms with Gasteiger partial charge in [0.05, 0.1) is 45.3 Å². The maximum Gasteiger partial charge on any atom is 0.0701 e. The third-order valence-electron chi connectivity index (χ3n) is 15.4. The molecule has 4 aromatic carbocycles. The largest absolute Gasteiger partial charge is 0.661 e. The minimum Gasteiger partial charge on any atom is -0.661 e. The van der Waals surface area contributed by atoms with Crippen LogP contribution in [0.2, 0.25) is 0 Å². The molecule has 0 fully saturated rings. The van der Waals surface area contributed by atoms with Crippen LogP contribution in [-0.4, -0.2) is 45.4 Å². The third kappa shape index (κ3) is 27.5. The smallest absolute Gasteiger partial charge is 0.0701 e. The molecule has 0 aliphatic heterocycles. The standard InChI is InChI=1S/2C29H41N2.2C9H21P.2Ir/c2*1-18(2)24-13-11-14-25(19(3)4)28(24)30-22(9)17-23(10)31-29-26(20(5)6)15-12-16-27(29)21(7)8;2*1-7(2)10(8(3)4)9(5)6;;/h2*11-21H,1-10H3;2*7-9H,1-6H3;;/q2*-1;;;;/p+2/b2*22-17-,31-23?;;;;. The number of allylic oxidation sites excluding steroid dienone is 4. The van der Waals surface area contributed by atoms with Crippen molar-refractivity contribution in [3.8, 4) is 0 Å². The number of nitrogens with zero attached hydrogens (tertiary/aromatic N) is 4. The number of aliphatic imine (C=N–C) groups is 2. The SMILES string of the molecule is CC(/C=C(/C)[N-]c1c(C(C)C)cccc1C(C)C)=Nc1c(C(C)C)cccc1C(C)C.CC(/C=C(/C)[N-]c1c(C(C)C)cccc1C(C)C)=Nc1c(C(C)C)cccc1C(C)C.CC(C)[PH+](C(C)C)C(C)C.CC(C)[PH+](C(C)C)C(C)C.[Ir].[Ir]. The third-order valence-corrected chi connectivity index (χ3v) is 23.4. The molecule has 0 atom stereocenters. The molecule has 478 valence electrons. The average Bonchev–Trinajstić information content (AvgIpc) is 3.33. The van der Waals surface area contributed by atoms with Gasteiger partial charge in [0.1, 0.15) is 0 Å². The Hall–Kier alpha value is -2.54. The van der Waals surface area contributed by atoms with E-state index in [1.807, 2.05) is 0 Å². The molecule has 0 N–H and O–H groups in total. The van der Waals surface area contributed by atoms with Crippen molar-refractivity contribution in [3.05, 3.63) is 151 Å². The van der Waals surface area contributed by atoms with Crippen molar-refractivity contribution in [2.75, 3.05) is 0 Å². The zero-order valence-electron chi connectivity index (χ0n) is 59.6. The Morgan fingerprint density at radius 3 is 0.607 bits per heavy atom. The Balaban J connectivity index is 0. The molecule has 4 rings (SSSR count). The molecule has 84 heavy (non-hydrogen) atoms. The fourth-order valence-electron chi connectivity index (χ4n) is 12.0. The van der Waals surface area contributed by atoms with Gasteiger partial charge in [0, 0.05) is 67.5 Å². The van der Waals surface area contributed by atoms with Gasteiger partial charge >= 0.3 is 0 Å². The van der Waals surface area contributed by atoms with Crippen molar-refractivity contribution in [2.24, 2.45) is 9.98 Å². The molecular formula is C76H126Ir2N4P2. The molecule has 4 nitrogen and oxygen atoms in total. The van der Waals surface area contributed by atoms with Gasteiger partial charge in [0.25, 0.3) is 0 Å². The number of hydrogen-bond donors (Lipinski definition) is 0. The number of para-hydroxylation sites is 4. The molecule has 4 aromatic rings. The second kappa shape index (κ2) is 40.9. The summed E-state index contributed by atoms with van der Waals surface area (Å²) < 4.78 is 0. The molecule has 0 heterocycles. The van der Waals surface area contributed by atoms with E-state index in [1.165, 1.54) is 44.5 Å². The molecule has 0 aromatic heterocycles. The summed E-state index contributed by atoms with van der Waals surface area (Å²) in [6, 6.07) is 26.3. The van der Waals surface area contributed by atoms with Crippen LogP contribution >= 0.6 is 15.8 Å². The maximum atomic E-state index is 5.08. The van der Waals surface area contributed by atoms with Crippen LogP contribution < -0.4 is 0 Å². The van der Waals surface area contributed by atoms with E-state index in [2.05, 4.69) is 307 Å². The van der Waals surface area contributed by atoms with Crippen molar-refractivity contribution < 1.29 is 40.2 Å². The molecule has 0 saturated heterocycles. The van der Waals surface area contributed by atoms with E-state index in [0.717, 1.165) is 79.5 Å². The predicted molar refractivity (Wildman–Crippen MR) is 385 cm³/mol. The Labute approximate surface area is 550 Å². The summed E-state index contributed by atoms with van der Waals surface area (Å²) in [6.45, 7) is 72.5. The van der Waals surface area contributed by atoms with Crippen LogP contribution in [0.1, 0.15) is 313 Å². The summed E-state index contributed by atoms with van der Waals surface area (Å²) in [5.41, 5.74) is 24.5. The topological polar surface area (TPSA) is 52.9 Å². The van der Waals surface area contributed by atoms with Crippen LogP contribution in [0.25, 0.3) is 10.6 Å². The van der Waals surface area contributed by atoms with E-state index in [4.69, 9.17) is 20.6 Å². The minimum absolute atomic E-state index is 0. The Morgan fingerprint density at radius 1 is 0.298 bits per heavy atom. The second-order valence-corrected chi connectivity index (χ2v) is 36.5. The van der Waals surface area contributed by atoms with Gasteiger partial charge in [-0.05, 0) is 167 Å². The molecule has 2 radical (unpaired) electrons. The number of rotatable bonds is 22. The number of benzene rings is 4. The van der Waals surface area contributed by atoms with E-state index in [-0.39, 0.29) is 56.1 Å². The minimum atomic E-state index is -0.0957. The summed E-state index contributed by atoms with van der Waals surface area (Å²) in [5.74, 6) is 3.49. The molecule has 8 heteroatoms. The first-order chi connectivity index (χ1) is 38.0. The average molecular weight is 1540 g/mol. The van der Waals surface area contributed by atoms with Gasteiger partial charge in [-0.2, -0.15) is 11.4 Å². The first-order valence-electron chi connectivity index (χ1n) is 32.1. The normalized spacial score (nSPS) is 12.7. The van der Waals surface area contributed by atoms with Crippen molar-refractivity contribution in [2.45, 2.75) is 303 Å². The molecule has 0 aliphatic rings. The molecule has 0 spiro atoms. The zero-order valence-corrected chi connectivity index (χ0v) is 66.4. The fourth-order valence-corrected chi connectivity index (χ4v) is 20.0. The van der Waals surface area contributed by atoms with Gasteiger partial charge in [-0.15, -0.1) is 11.4 Å². The number of hydrogen-bond acceptors (Lipinski definition) is 2. The van der Waals surface area contributed by atoms with E-state index in [0.29, 0.717) is 47.3 Å². The van der Waals surface area contributed by atoms with Gasteiger partial charge in [-0.1, -0.05) is 232 Å². The monoisotopic (exact) mass is 1540 g/mol. The van der Waals surface area contributed by atoms with Crippen LogP contribution in [0, 0.1) is 0 Å².